The molecular weight excluding hydrogens is 590 g/mol. The summed E-state index contributed by atoms with van der Waals surface area (Å²) in [7, 11) is 3.24. The molecule has 11 heteroatoms. The van der Waals surface area contributed by atoms with Crippen LogP contribution in [-0.4, -0.2) is 78.9 Å². The number of benzene rings is 2. The average molecular weight is 634 g/mol. The number of carbonyl (C=O) groups excluding carboxylic acids is 1. The maximum absolute atomic E-state index is 12.5. The molecule has 2 fully saturated rings. The summed E-state index contributed by atoms with van der Waals surface area (Å²) in [6.45, 7) is 12.6. The number of methoxy groups -OCH3 is 1. The molecule has 1 aliphatic heterocycles. The number of nitrogens with zero attached hydrogens (tertiary/aromatic N) is 4. The van der Waals surface area contributed by atoms with E-state index in [1.807, 2.05) is 31.2 Å². The van der Waals surface area contributed by atoms with Gasteiger partial charge in [0.1, 0.15) is 10.8 Å². The summed E-state index contributed by atoms with van der Waals surface area (Å²) in [6.07, 6.45) is 4.60. The molecule has 4 N–H and O–H groups in total. The van der Waals surface area contributed by atoms with E-state index >= 15 is 0 Å². The molecule has 2 aromatic carbocycles. The fourth-order valence-electron chi connectivity index (χ4n) is 6.74. The van der Waals surface area contributed by atoms with Gasteiger partial charge in [-0.1, -0.05) is 42.8 Å². The van der Waals surface area contributed by atoms with Crippen LogP contribution in [0.1, 0.15) is 42.1 Å². The molecule has 0 spiro atoms. The predicted molar refractivity (Wildman–Crippen MR) is 181 cm³/mol. The molecule has 2 heterocycles. The maximum atomic E-state index is 12.5. The van der Waals surface area contributed by atoms with E-state index < -0.39 is 0 Å². The number of piperazine rings is 1. The van der Waals surface area contributed by atoms with Crippen molar-refractivity contribution in [1.82, 2.24) is 20.2 Å². The number of para-hydroxylation sites is 1. The van der Waals surface area contributed by atoms with Crippen molar-refractivity contribution in [1.29, 1.82) is 0 Å². The number of ether oxygens (including phenoxy) is 1. The number of halogens is 1. The molecular formula is C34H44ClN7O3. The van der Waals surface area contributed by atoms with Crippen molar-refractivity contribution in [2.75, 3.05) is 62.5 Å². The van der Waals surface area contributed by atoms with Crippen LogP contribution in [0.4, 0.5) is 28.8 Å². The number of aliphatic hydroxyl groups excluding tert-OH is 1. The zero-order valence-electron chi connectivity index (χ0n) is 26.6. The molecule has 2 aliphatic rings. The first kappa shape index (κ1) is 32.5. The molecule has 3 atom stereocenters. The summed E-state index contributed by atoms with van der Waals surface area (Å²) in [4.78, 5) is 26.4. The van der Waals surface area contributed by atoms with Crippen LogP contribution in [0.3, 0.4) is 0 Å². The van der Waals surface area contributed by atoms with Gasteiger partial charge >= 0.3 is 0 Å². The Morgan fingerprint density at radius 3 is 2.64 bits per heavy atom. The maximum Gasteiger partial charge on any atom is 0.253 e. The van der Waals surface area contributed by atoms with Crippen LogP contribution in [0, 0.1) is 18.8 Å². The second-order valence-corrected chi connectivity index (χ2v) is 12.2. The minimum absolute atomic E-state index is 0.212. The van der Waals surface area contributed by atoms with Crippen LogP contribution in [0.2, 0.25) is 5.02 Å². The number of anilines is 5. The molecule has 1 saturated heterocycles. The number of nitrogens with one attached hydrogen (secondary N) is 3. The average Bonchev–Trinajstić information content (AvgIpc) is 3.37. The SMILES string of the molecule is C=C1C(CC)CC(CCO)[C@H]1N1CCN(c2ccc(Nc3ncc(Cl)c(Nc4c(C)cccc4C(=O)NC)n3)c(OC)c2)CC1. The van der Waals surface area contributed by atoms with Crippen molar-refractivity contribution in [3.05, 3.63) is 70.9 Å². The van der Waals surface area contributed by atoms with E-state index in [4.69, 9.17) is 16.3 Å². The highest BCUT2D eigenvalue weighted by Crippen LogP contribution is 2.42. The number of hydrogen-bond donors (Lipinski definition) is 4. The number of amides is 1. The Morgan fingerprint density at radius 1 is 1.18 bits per heavy atom. The molecule has 0 bridgehead atoms. The first-order valence-corrected chi connectivity index (χ1v) is 16.0. The summed E-state index contributed by atoms with van der Waals surface area (Å²) >= 11 is 6.46. The molecule has 5 rings (SSSR count). The predicted octanol–water partition coefficient (Wildman–Crippen LogP) is 5.77. The lowest BCUT2D eigenvalue weighted by molar-refractivity contribution is 0.0964. The van der Waals surface area contributed by atoms with Gasteiger partial charge in [0.05, 0.1) is 30.2 Å². The van der Waals surface area contributed by atoms with E-state index in [2.05, 4.69) is 55.3 Å². The Bertz CT molecular complexity index is 1530. The van der Waals surface area contributed by atoms with Gasteiger partial charge in [0.2, 0.25) is 5.95 Å². The third-order valence-electron chi connectivity index (χ3n) is 9.17. The van der Waals surface area contributed by atoms with Crippen molar-refractivity contribution in [3.63, 3.8) is 0 Å². The Hall–Kier alpha value is -3.86. The molecule has 1 aromatic heterocycles. The van der Waals surface area contributed by atoms with Crippen molar-refractivity contribution < 1.29 is 14.6 Å². The van der Waals surface area contributed by atoms with Crippen LogP contribution in [0.15, 0.2) is 54.7 Å². The second kappa shape index (κ2) is 14.5. The fraction of sp³-hybridized carbons (Fsp3) is 0.441. The smallest absolute Gasteiger partial charge is 0.253 e. The van der Waals surface area contributed by atoms with Gasteiger partial charge in [0.25, 0.3) is 5.91 Å². The minimum atomic E-state index is -0.212. The van der Waals surface area contributed by atoms with Gasteiger partial charge < -0.3 is 30.7 Å². The lowest BCUT2D eigenvalue weighted by Gasteiger charge is -2.41. The van der Waals surface area contributed by atoms with E-state index in [9.17, 15) is 9.90 Å². The molecule has 45 heavy (non-hydrogen) atoms. The lowest BCUT2D eigenvalue weighted by Crippen LogP contribution is -2.52. The standard InChI is InChI=1S/C34H44ClN7O3/c1-6-23-18-24(12-17-43)31(22(23)3)42-15-13-41(14-16-42)25-10-11-28(29(19-25)45-5)38-34-37-20-27(35)32(40-34)39-30-21(2)8-7-9-26(30)33(44)36-4/h7-11,19-20,23-24,31,43H,3,6,12-18H2,1-2,4-5H3,(H,36,44)(H2,37,38,39,40)/t23?,24?,31-/m0/s1. The fourth-order valence-corrected chi connectivity index (χ4v) is 6.88. The Morgan fingerprint density at radius 2 is 1.96 bits per heavy atom. The van der Waals surface area contributed by atoms with Gasteiger partial charge in [-0.2, -0.15) is 4.98 Å². The van der Waals surface area contributed by atoms with Crippen molar-refractivity contribution in [2.24, 2.45) is 11.8 Å². The van der Waals surface area contributed by atoms with E-state index in [0.29, 0.717) is 51.7 Å². The molecule has 3 aromatic rings. The largest absolute Gasteiger partial charge is 0.494 e. The minimum Gasteiger partial charge on any atom is -0.494 e. The monoisotopic (exact) mass is 633 g/mol. The number of rotatable bonds is 11. The van der Waals surface area contributed by atoms with E-state index in [1.165, 1.54) is 11.8 Å². The third kappa shape index (κ3) is 7.03. The third-order valence-corrected chi connectivity index (χ3v) is 9.44. The Labute approximate surface area is 270 Å². The topological polar surface area (TPSA) is 115 Å². The highest BCUT2D eigenvalue weighted by Gasteiger charge is 2.40. The number of aliphatic hydroxyl groups is 1. The van der Waals surface area contributed by atoms with Crippen molar-refractivity contribution in [3.8, 4) is 5.75 Å². The normalized spacial score (nSPS) is 20.3. The molecule has 1 saturated carbocycles. The molecule has 10 nitrogen and oxygen atoms in total. The van der Waals surface area contributed by atoms with Crippen LogP contribution in [0.5, 0.6) is 5.75 Å². The molecule has 2 unspecified atom stereocenters. The van der Waals surface area contributed by atoms with Gasteiger partial charge in [-0.25, -0.2) is 4.98 Å². The van der Waals surface area contributed by atoms with Gasteiger partial charge in [-0.3, -0.25) is 9.69 Å². The first-order valence-electron chi connectivity index (χ1n) is 15.6. The number of aromatic nitrogens is 2. The van der Waals surface area contributed by atoms with E-state index in [0.717, 1.165) is 62.4 Å². The second-order valence-electron chi connectivity index (χ2n) is 11.8. The van der Waals surface area contributed by atoms with Crippen LogP contribution < -0.4 is 25.6 Å². The number of carbonyl (C=O) groups is 1. The Balaban J connectivity index is 1.28. The number of hydrogen-bond acceptors (Lipinski definition) is 9. The lowest BCUT2D eigenvalue weighted by atomic mass is 9.96. The summed E-state index contributed by atoms with van der Waals surface area (Å²) in [6, 6.07) is 11.9. The summed E-state index contributed by atoms with van der Waals surface area (Å²) in [5, 5.41) is 19.2. The zero-order valence-corrected chi connectivity index (χ0v) is 27.3. The van der Waals surface area contributed by atoms with Gasteiger partial charge in [-0.05, 0) is 61.8 Å². The number of aryl methyl sites for hydroxylation is 1. The van der Waals surface area contributed by atoms with E-state index in [-0.39, 0.29) is 12.5 Å². The van der Waals surface area contributed by atoms with E-state index in [1.54, 1.807) is 20.2 Å². The summed E-state index contributed by atoms with van der Waals surface area (Å²) in [5.74, 6) is 2.19. The van der Waals surface area contributed by atoms with Crippen molar-refractivity contribution >= 4 is 46.3 Å². The molecule has 1 amide bonds. The molecule has 240 valence electrons. The summed E-state index contributed by atoms with van der Waals surface area (Å²) in [5.41, 5.74) is 5.13. The highest BCUT2D eigenvalue weighted by molar-refractivity contribution is 6.33. The van der Waals surface area contributed by atoms with Crippen LogP contribution in [-0.2, 0) is 0 Å². The highest BCUT2D eigenvalue weighted by atomic mass is 35.5. The quantitative estimate of drug-likeness (QED) is 0.195. The van der Waals surface area contributed by atoms with Gasteiger partial charge in [0, 0.05) is 57.6 Å². The molecule has 0 radical (unpaired) electrons. The summed E-state index contributed by atoms with van der Waals surface area (Å²) < 4.78 is 5.77. The van der Waals surface area contributed by atoms with Crippen LogP contribution >= 0.6 is 11.6 Å². The van der Waals surface area contributed by atoms with Gasteiger partial charge in [-0.15, -0.1) is 0 Å². The van der Waals surface area contributed by atoms with Crippen LogP contribution in [0.25, 0.3) is 0 Å². The molecule has 1 aliphatic carbocycles. The Kier molecular flexibility index (Phi) is 10.5. The first-order chi connectivity index (χ1) is 21.8. The zero-order chi connectivity index (χ0) is 32.1. The van der Waals surface area contributed by atoms with Crippen molar-refractivity contribution in [2.45, 2.75) is 39.2 Å². The van der Waals surface area contributed by atoms with Gasteiger partial charge in [0.15, 0.2) is 5.82 Å².